The zero-order chi connectivity index (χ0) is 15.5. The highest BCUT2D eigenvalue weighted by Crippen LogP contribution is 2.40. The molecule has 3 rings (SSSR count). The quantitative estimate of drug-likeness (QED) is 0.916. The van der Waals surface area contributed by atoms with Crippen LogP contribution in [0, 0.1) is 0 Å². The maximum Gasteiger partial charge on any atom is 0.320 e. The molecule has 0 aromatic heterocycles. The molecule has 1 aromatic carbocycles. The van der Waals surface area contributed by atoms with Crippen LogP contribution in [0.4, 0.5) is 0 Å². The number of methoxy groups -OCH3 is 1. The van der Waals surface area contributed by atoms with Crippen LogP contribution in [0.2, 0.25) is 0 Å². The van der Waals surface area contributed by atoms with E-state index in [9.17, 15) is 9.90 Å². The molecule has 1 fully saturated rings. The van der Waals surface area contributed by atoms with Crippen molar-refractivity contribution >= 4 is 5.97 Å². The zero-order valence-corrected chi connectivity index (χ0v) is 12.7. The van der Waals surface area contributed by atoms with Crippen molar-refractivity contribution in [1.82, 2.24) is 4.90 Å². The second-order valence-electron chi connectivity index (χ2n) is 5.64. The van der Waals surface area contributed by atoms with E-state index in [0.717, 1.165) is 24.9 Å². The van der Waals surface area contributed by atoms with E-state index < -0.39 is 12.0 Å². The fourth-order valence-corrected chi connectivity index (χ4v) is 3.11. The van der Waals surface area contributed by atoms with Crippen molar-refractivity contribution in [2.24, 2.45) is 0 Å². The predicted molar refractivity (Wildman–Crippen MR) is 79.7 cm³/mol. The number of piperidine rings is 1. The summed E-state index contributed by atoms with van der Waals surface area (Å²) in [6, 6.07) is 3.42. The maximum atomic E-state index is 11.4. The predicted octanol–water partition coefficient (Wildman–Crippen LogP) is 1.91. The first-order valence-electron chi connectivity index (χ1n) is 7.62. The number of carbonyl (C=O) groups is 1. The van der Waals surface area contributed by atoms with Crippen molar-refractivity contribution in [2.75, 3.05) is 26.9 Å². The van der Waals surface area contributed by atoms with Gasteiger partial charge in [-0.05, 0) is 37.1 Å². The normalized spacial score (nSPS) is 21.4. The van der Waals surface area contributed by atoms with E-state index in [0.29, 0.717) is 43.4 Å². The largest absolute Gasteiger partial charge is 0.493 e. The summed E-state index contributed by atoms with van der Waals surface area (Å²) in [4.78, 5) is 13.4. The molecule has 2 aliphatic heterocycles. The number of carboxylic acids is 1. The Balaban J connectivity index is 1.83. The lowest BCUT2D eigenvalue weighted by Gasteiger charge is -2.33. The molecule has 6 heteroatoms. The Kier molecular flexibility index (Phi) is 4.38. The van der Waals surface area contributed by atoms with Gasteiger partial charge in [0.1, 0.15) is 19.3 Å². The van der Waals surface area contributed by atoms with Gasteiger partial charge >= 0.3 is 5.97 Å². The molecule has 120 valence electrons. The fourth-order valence-electron chi connectivity index (χ4n) is 3.11. The van der Waals surface area contributed by atoms with Crippen molar-refractivity contribution in [1.29, 1.82) is 0 Å². The third-order valence-corrected chi connectivity index (χ3v) is 4.17. The summed E-state index contributed by atoms with van der Waals surface area (Å²) in [5.41, 5.74) is 0.981. The molecule has 2 heterocycles. The minimum Gasteiger partial charge on any atom is -0.493 e. The Bertz CT molecular complexity index is 542. The van der Waals surface area contributed by atoms with Crippen LogP contribution in [-0.2, 0) is 11.3 Å². The summed E-state index contributed by atoms with van der Waals surface area (Å²) >= 11 is 0. The summed E-state index contributed by atoms with van der Waals surface area (Å²) in [5.74, 6) is 1.19. The van der Waals surface area contributed by atoms with E-state index in [1.807, 2.05) is 17.0 Å². The number of hydrogen-bond donors (Lipinski definition) is 1. The monoisotopic (exact) mass is 307 g/mol. The van der Waals surface area contributed by atoms with E-state index in [1.165, 1.54) is 0 Å². The number of rotatable bonds is 4. The van der Waals surface area contributed by atoms with E-state index in [-0.39, 0.29) is 0 Å². The summed E-state index contributed by atoms with van der Waals surface area (Å²) in [6.45, 7) is 2.40. The smallest absolute Gasteiger partial charge is 0.320 e. The number of aliphatic carboxylic acids is 1. The Labute approximate surface area is 129 Å². The topological polar surface area (TPSA) is 68.2 Å². The van der Waals surface area contributed by atoms with Gasteiger partial charge in [-0.15, -0.1) is 0 Å². The number of fused-ring (bicyclic) bond motifs is 1. The van der Waals surface area contributed by atoms with Crippen LogP contribution < -0.4 is 14.2 Å². The molecule has 1 N–H and O–H groups in total. The number of carboxylic acid groups (broad SMARTS) is 1. The Morgan fingerprint density at radius 2 is 2.18 bits per heavy atom. The number of likely N-dealkylation sites (tertiary alicyclic amines) is 1. The first-order chi connectivity index (χ1) is 10.7. The van der Waals surface area contributed by atoms with E-state index in [2.05, 4.69) is 0 Å². The second-order valence-corrected chi connectivity index (χ2v) is 5.64. The molecule has 1 atom stereocenters. The summed E-state index contributed by atoms with van der Waals surface area (Å²) < 4.78 is 16.6. The highest BCUT2D eigenvalue weighted by atomic mass is 16.6. The lowest BCUT2D eigenvalue weighted by Crippen LogP contribution is -2.44. The van der Waals surface area contributed by atoms with Gasteiger partial charge in [-0.2, -0.15) is 0 Å². The van der Waals surface area contributed by atoms with Gasteiger partial charge < -0.3 is 19.3 Å². The molecule has 1 aromatic rings. The number of hydrogen-bond acceptors (Lipinski definition) is 5. The molecular formula is C16H21NO5. The van der Waals surface area contributed by atoms with Gasteiger partial charge in [0.2, 0.25) is 5.75 Å². The average molecular weight is 307 g/mol. The van der Waals surface area contributed by atoms with Crippen molar-refractivity contribution in [3.63, 3.8) is 0 Å². The van der Waals surface area contributed by atoms with E-state index >= 15 is 0 Å². The molecule has 0 radical (unpaired) electrons. The summed E-state index contributed by atoms with van der Waals surface area (Å²) in [7, 11) is 1.60. The number of nitrogens with zero attached hydrogens (tertiary/aromatic N) is 1. The Hall–Kier alpha value is -1.95. The average Bonchev–Trinajstić information content (AvgIpc) is 2.54. The first kappa shape index (κ1) is 15.0. The third-order valence-electron chi connectivity index (χ3n) is 4.17. The van der Waals surface area contributed by atoms with Gasteiger partial charge in [0.25, 0.3) is 0 Å². The number of ether oxygens (including phenoxy) is 3. The minimum atomic E-state index is -0.746. The molecule has 6 nitrogen and oxygen atoms in total. The number of benzene rings is 1. The van der Waals surface area contributed by atoms with Crippen LogP contribution in [0.1, 0.15) is 24.8 Å². The van der Waals surface area contributed by atoms with E-state index in [4.69, 9.17) is 14.2 Å². The summed E-state index contributed by atoms with van der Waals surface area (Å²) in [5, 5.41) is 9.37. The molecule has 2 aliphatic rings. The standard InChI is InChI=1S/C16H21NO5/c1-20-13-8-11(9-14-15(13)22-7-6-21-14)10-17-5-3-2-4-12(17)16(18)19/h8-9,12H,2-7,10H2,1H3,(H,18,19). The van der Waals surface area contributed by atoms with Crippen molar-refractivity contribution in [2.45, 2.75) is 31.8 Å². The molecule has 0 bridgehead atoms. The first-order valence-corrected chi connectivity index (χ1v) is 7.62. The van der Waals surface area contributed by atoms with Crippen molar-refractivity contribution in [3.8, 4) is 17.2 Å². The van der Waals surface area contributed by atoms with Crippen molar-refractivity contribution in [3.05, 3.63) is 17.7 Å². The molecule has 0 spiro atoms. The fraction of sp³-hybridized carbons (Fsp3) is 0.562. The van der Waals surface area contributed by atoms with Crippen LogP contribution in [0.25, 0.3) is 0 Å². The van der Waals surface area contributed by atoms with Gasteiger partial charge in [0.05, 0.1) is 7.11 Å². The Morgan fingerprint density at radius 1 is 1.36 bits per heavy atom. The van der Waals surface area contributed by atoms with Gasteiger partial charge in [-0.3, -0.25) is 9.69 Å². The molecule has 0 saturated carbocycles. The zero-order valence-electron chi connectivity index (χ0n) is 12.7. The van der Waals surface area contributed by atoms with Gasteiger partial charge in [-0.1, -0.05) is 6.42 Å². The maximum absolute atomic E-state index is 11.4. The molecule has 22 heavy (non-hydrogen) atoms. The van der Waals surface area contributed by atoms with Crippen LogP contribution >= 0.6 is 0 Å². The molecular weight excluding hydrogens is 286 g/mol. The molecule has 0 aliphatic carbocycles. The highest BCUT2D eigenvalue weighted by Gasteiger charge is 2.29. The lowest BCUT2D eigenvalue weighted by molar-refractivity contribution is -0.144. The highest BCUT2D eigenvalue weighted by molar-refractivity contribution is 5.73. The van der Waals surface area contributed by atoms with Crippen LogP contribution in [0.3, 0.4) is 0 Å². The van der Waals surface area contributed by atoms with Gasteiger partial charge in [0.15, 0.2) is 11.5 Å². The van der Waals surface area contributed by atoms with Gasteiger partial charge in [-0.25, -0.2) is 0 Å². The van der Waals surface area contributed by atoms with Crippen molar-refractivity contribution < 1.29 is 24.1 Å². The third kappa shape index (κ3) is 2.97. The molecule has 1 saturated heterocycles. The van der Waals surface area contributed by atoms with Gasteiger partial charge in [0, 0.05) is 6.54 Å². The summed E-state index contributed by atoms with van der Waals surface area (Å²) in [6.07, 6.45) is 2.71. The van der Waals surface area contributed by atoms with Crippen LogP contribution in [-0.4, -0.2) is 48.9 Å². The second kappa shape index (κ2) is 6.44. The van der Waals surface area contributed by atoms with Crippen LogP contribution in [0.15, 0.2) is 12.1 Å². The van der Waals surface area contributed by atoms with E-state index in [1.54, 1.807) is 7.11 Å². The SMILES string of the molecule is COc1cc(CN2CCCCC2C(=O)O)cc2c1OCCO2. The lowest BCUT2D eigenvalue weighted by atomic mass is 10.0. The van der Waals surface area contributed by atoms with Crippen LogP contribution in [0.5, 0.6) is 17.2 Å². The Morgan fingerprint density at radius 3 is 2.95 bits per heavy atom. The minimum absolute atomic E-state index is 0.409. The molecule has 0 amide bonds. The molecule has 1 unspecified atom stereocenters.